The second-order valence-electron chi connectivity index (χ2n) is 7.75. The molecule has 1 unspecified atom stereocenters. The summed E-state index contributed by atoms with van der Waals surface area (Å²) in [7, 11) is 3.54. The van der Waals surface area contributed by atoms with Crippen molar-refractivity contribution in [1.82, 2.24) is 15.1 Å². The van der Waals surface area contributed by atoms with Crippen LogP contribution in [0.15, 0.2) is 29.3 Å². The lowest BCUT2D eigenvalue weighted by Gasteiger charge is -2.29. The van der Waals surface area contributed by atoms with Gasteiger partial charge in [-0.15, -0.1) is 0 Å². The van der Waals surface area contributed by atoms with E-state index in [1.807, 2.05) is 0 Å². The van der Waals surface area contributed by atoms with E-state index in [0.717, 1.165) is 51.5 Å². The van der Waals surface area contributed by atoms with Crippen molar-refractivity contribution in [2.45, 2.75) is 38.1 Å². The Hall–Kier alpha value is -2.08. The number of likely N-dealkylation sites (N-methyl/N-ethyl adjacent to an activating group) is 1. The lowest BCUT2D eigenvalue weighted by molar-refractivity contribution is -0.127. The van der Waals surface area contributed by atoms with Gasteiger partial charge in [0, 0.05) is 52.4 Å². The molecule has 1 aromatic rings. The number of hydrogen-bond donors (Lipinski definition) is 1. The van der Waals surface area contributed by atoms with Crippen LogP contribution in [0.1, 0.15) is 36.3 Å². The predicted octanol–water partition coefficient (Wildman–Crippen LogP) is 2.00. The summed E-state index contributed by atoms with van der Waals surface area (Å²) in [6.07, 6.45) is 3.08. The summed E-state index contributed by atoms with van der Waals surface area (Å²) in [5, 5.41) is 3.60. The van der Waals surface area contributed by atoms with Gasteiger partial charge in [0.25, 0.3) is 0 Å². The highest BCUT2D eigenvalue weighted by atomic mass is 16.5. The Morgan fingerprint density at radius 2 is 2.00 bits per heavy atom. The number of ether oxygens (including phenoxy) is 1. The minimum absolute atomic E-state index is 0.0240. The van der Waals surface area contributed by atoms with Crippen LogP contribution in [0, 0.1) is 6.92 Å². The Morgan fingerprint density at radius 3 is 2.70 bits per heavy atom. The molecule has 27 heavy (non-hydrogen) atoms. The summed E-state index contributed by atoms with van der Waals surface area (Å²) < 4.78 is 5.47. The number of likely N-dealkylation sites (tertiary alicyclic amines) is 1. The number of rotatable bonds is 4. The maximum absolute atomic E-state index is 12.0. The number of aliphatic imine (C=N–C) groups is 1. The summed E-state index contributed by atoms with van der Waals surface area (Å²) in [6, 6.07) is 9.00. The minimum Gasteiger partial charge on any atom is -0.381 e. The number of nitrogens with zero attached hydrogens (tertiary/aromatic N) is 3. The number of carbonyl (C=O) groups is 1. The largest absolute Gasteiger partial charge is 0.381 e. The highest BCUT2D eigenvalue weighted by molar-refractivity contribution is 5.85. The number of hydrogen-bond acceptors (Lipinski definition) is 3. The Morgan fingerprint density at radius 1 is 1.26 bits per heavy atom. The number of benzene rings is 1. The van der Waals surface area contributed by atoms with E-state index in [4.69, 9.17) is 4.74 Å². The van der Waals surface area contributed by atoms with Crippen molar-refractivity contribution in [2.75, 3.05) is 46.9 Å². The van der Waals surface area contributed by atoms with Gasteiger partial charge >= 0.3 is 0 Å². The number of nitrogens with one attached hydrogen (secondary N) is 1. The average molecular weight is 373 g/mol. The van der Waals surface area contributed by atoms with Crippen molar-refractivity contribution >= 4 is 11.9 Å². The lowest BCUT2D eigenvalue weighted by Crippen LogP contribution is -2.47. The van der Waals surface area contributed by atoms with Gasteiger partial charge in [-0.3, -0.25) is 4.79 Å². The SMILES string of the molecule is Cc1ccccc1C1CCN(C(=NCC(=O)N(C)C)NC2CCOCC2)C1. The molecule has 3 rings (SSSR count). The van der Waals surface area contributed by atoms with Gasteiger partial charge in [0.1, 0.15) is 6.54 Å². The third kappa shape index (κ3) is 5.22. The first-order valence-electron chi connectivity index (χ1n) is 9.94. The van der Waals surface area contributed by atoms with Crippen LogP contribution in [-0.4, -0.2) is 74.7 Å². The maximum Gasteiger partial charge on any atom is 0.243 e. The summed E-state index contributed by atoms with van der Waals surface area (Å²) in [4.78, 5) is 20.6. The van der Waals surface area contributed by atoms with Crippen molar-refractivity contribution in [3.63, 3.8) is 0 Å². The van der Waals surface area contributed by atoms with Crippen molar-refractivity contribution in [2.24, 2.45) is 4.99 Å². The molecule has 0 radical (unpaired) electrons. The number of amides is 1. The van der Waals surface area contributed by atoms with Crippen LogP contribution in [0.2, 0.25) is 0 Å². The lowest BCUT2D eigenvalue weighted by atomic mass is 9.94. The van der Waals surface area contributed by atoms with Gasteiger partial charge < -0.3 is 19.9 Å². The first-order valence-corrected chi connectivity index (χ1v) is 9.94. The molecule has 6 nitrogen and oxygen atoms in total. The molecule has 2 aliphatic heterocycles. The third-order valence-electron chi connectivity index (χ3n) is 5.53. The molecule has 2 saturated heterocycles. The van der Waals surface area contributed by atoms with Crippen LogP contribution in [0.5, 0.6) is 0 Å². The molecule has 148 valence electrons. The smallest absolute Gasteiger partial charge is 0.243 e. The van der Waals surface area contributed by atoms with E-state index >= 15 is 0 Å². The van der Waals surface area contributed by atoms with Crippen molar-refractivity contribution < 1.29 is 9.53 Å². The summed E-state index contributed by atoms with van der Waals surface area (Å²) in [5.74, 6) is 1.40. The van der Waals surface area contributed by atoms with Gasteiger partial charge in [0.15, 0.2) is 5.96 Å². The zero-order valence-corrected chi connectivity index (χ0v) is 16.8. The van der Waals surface area contributed by atoms with Crippen LogP contribution in [0.3, 0.4) is 0 Å². The van der Waals surface area contributed by atoms with Crippen molar-refractivity contribution in [3.8, 4) is 0 Å². The normalized spacial score (nSPS) is 21.4. The molecule has 0 saturated carbocycles. The summed E-state index contributed by atoms with van der Waals surface area (Å²) in [5.41, 5.74) is 2.78. The zero-order chi connectivity index (χ0) is 19.2. The number of aryl methyl sites for hydroxylation is 1. The fraction of sp³-hybridized carbons (Fsp3) is 0.619. The molecule has 0 bridgehead atoms. The number of guanidine groups is 1. The highest BCUT2D eigenvalue weighted by Crippen LogP contribution is 2.29. The highest BCUT2D eigenvalue weighted by Gasteiger charge is 2.28. The van der Waals surface area contributed by atoms with Crippen LogP contribution >= 0.6 is 0 Å². The predicted molar refractivity (Wildman–Crippen MR) is 108 cm³/mol. The molecule has 2 aliphatic rings. The van der Waals surface area contributed by atoms with E-state index in [0.29, 0.717) is 12.0 Å². The van der Waals surface area contributed by atoms with Gasteiger partial charge in [-0.25, -0.2) is 4.99 Å². The van der Waals surface area contributed by atoms with E-state index < -0.39 is 0 Å². The fourth-order valence-corrected chi connectivity index (χ4v) is 3.80. The van der Waals surface area contributed by atoms with Crippen LogP contribution in [0.25, 0.3) is 0 Å². The molecule has 1 aromatic carbocycles. The first kappa shape index (κ1) is 19.7. The maximum atomic E-state index is 12.0. The molecule has 0 spiro atoms. The second-order valence-corrected chi connectivity index (χ2v) is 7.75. The van der Waals surface area contributed by atoms with Crippen molar-refractivity contribution in [3.05, 3.63) is 35.4 Å². The average Bonchev–Trinajstić information content (AvgIpc) is 3.15. The molecule has 2 heterocycles. The molecule has 6 heteroatoms. The molecular formula is C21H32N4O2. The van der Waals surface area contributed by atoms with Gasteiger partial charge in [-0.2, -0.15) is 0 Å². The van der Waals surface area contributed by atoms with E-state index in [2.05, 4.69) is 46.4 Å². The van der Waals surface area contributed by atoms with Gasteiger partial charge in [-0.05, 0) is 37.3 Å². The van der Waals surface area contributed by atoms with Gasteiger partial charge in [-0.1, -0.05) is 24.3 Å². The van der Waals surface area contributed by atoms with E-state index in [9.17, 15) is 4.79 Å². The molecule has 1 N–H and O–H groups in total. The molecule has 0 aliphatic carbocycles. The monoisotopic (exact) mass is 372 g/mol. The fourth-order valence-electron chi connectivity index (χ4n) is 3.80. The molecule has 2 fully saturated rings. The molecule has 1 atom stereocenters. The van der Waals surface area contributed by atoms with E-state index in [1.54, 1.807) is 19.0 Å². The Balaban J connectivity index is 1.70. The second kappa shape index (κ2) is 9.22. The van der Waals surface area contributed by atoms with Gasteiger partial charge in [0.05, 0.1) is 0 Å². The molecule has 1 amide bonds. The Bertz CT molecular complexity index is 668. The Kier molecular flexibility index (Phi) is 6.72. The van der Waals surface area contributed by atoms with E-state index in [-0.39, 0.29) is 12.5 Å². The quantitative estimate of drug-likeness (QED) is 0.649. The van der Waals surface area contributed by atoms with Crippen LogP contribution in [-0.2, 0) is 9.53 Å². The first-order chi connectivity index (χ1) is 13.0. The molecule has 0 aromatic heterocycles. The number of carbonyl (C=O) groups excluding carboxylic acids is 1. The molecular weight excluding hydrogens is 340 g/mol. The standard InChI is InChI=1S/C21H32N4O2/c1-16-6-4-5-7-19(16)17-8-11-25(15-17)21(22-14-20(26)24(2)3)23-18-9-12-27-13-10-18/h4-7,17-18H,8-15H2,1-3H3,(H,22,23). The third-order valence-corrected chi connectivity index (χ3v) is 5.53. The summed E-state index contributed by atoms with van der Waals surface area (Å²) >= 11 is 0. The summed E-state index contributed by atoms with van der Waals surface area (Å²) in [6.45, 7) is 5.84. The van der Waals surface area contributed by atoms with E-state index in [1.165, 1.54) is 11.1 Å². The van der Waals surface area contributed by atoms with Crippen molar-refractivity contribution in [1.29, 1.82) is 0 Å². The van der Waals surface area contributed by atoms with Crippen LogP contribution in [0.4, 0.5) is 0 Å². The topological polar surface area (TPSA) is 57.2 Å². The zero-order valence-electron chi connectivity index (χ0n) is 16.8. The van der Waals surface area contributed by atoms with Crippen LogP contribution < -0.4 is 5.32 Å². The van der Waals surface area contributed by atoms with Gasteiger partial charge in [0.2, 0.25) is 5.91 Å². The Labute approximate surface area is 162 Å². The minimum atomic E-state index is 0.0240.